The molecule has 1 aromatic carbocycles. The van der Waals surface area contributed by atoms with Gasteiger partial charge in [-0.15, -0.1) is 11.3 Å². The number of halogens is 2. The van der Waals surface area contributed by atoms with Gasteiger partial charge in [0.05, 0.1) is 25.6 Å². The van der Waals surface area contributed by atoms with Crippen LogP contribution >= 0.6 is 46.3 Å². The monoisotopic (exact) mass is 491 g/mol. The Bertz CT molecular complexity index is 1260. The van der Waals surface area contributed by atoms with Crippen LogP contribution in [0.15, 0.2) is 64.0 Å². The summed E-state index contributed by atoms with van der Waals surface area (Å²) in [5, 5.41) is 21.6. The number of carbonyl (C=O) groups excluding carboxylic acids is 1. The highest BCUT2D eigenvalue weighted by molar-refractivity contribution is 8.01. The van der Waals surface area contributed by atoms with Gasteiger partial charge in [0.15, 0.2) is 5.82 Å². The summed E-state index contributed by atoms with van der Waals surface area (Å²) >= 11 is 14.2. The van der Waals surface area contributed by atoms with Crippen LogP contribution in [-0.4, -0.2) is 26.0 Å². The Balaban J connectivity index is 1.57. The molecule has 156 valence electrons. The lowest BCUT2D eigenvalue weighted by atomic mass is 10.2. The molecule has 0 fully saturated rings. The maximum Gasteiger partial charge on any atom is 0.294 e. The molecule has 0 saturated heterocycles. The van der Waals surface area contributed by atoms with Crippen LogP contribution in [0.4, 0.5) is 11.5 Å². The van der Waals surface area contributed by atoms with Crippen LogP contribution in [0, 0.1) is 10.1 Å². The molecule has 0 aliphatic rings. The van der Waals surface area contributed by atoms with Crippen molar-refractivity contribution in [2.45, 2.75) is 9.10 Å². The number of thiophene rings is 1. The molecular formula is C19H11Cl2N5O3S2. The molecule has 0 spiro atoms. The summed E-state index contributed by atoms with van der Waals surface area (Å²) in [5.74, 6) is -0.215. The largest absolute Gasteiger partial charge is 0.304 e. The van der Waals surface area contributed by atoms with Crippen molar-refractivity contribution >= 4 is 63.7 Å². The van der Waals surface area contributed by atoms with E-state index >= 15 is 0 Å². The van der Waals surface area contributed by atoms with E-state index in [9.17, 15) is 14.9 Å². The van der Waals surface area contributed by atoms with Gasteiger partial charge < -0.3 is 5.32 Å². The van der Waals surface area contributed by atoms with Gasteiger partial charge in [-0.3, -0.25) is 25.0 Å². The molecule has 0 bridgehead atoms. The second kappa shape index (κ2) is 9.06. The quantitative estimate of drug-likeness (QED) is 0.247. The van der Waals surface area contributed by atoms with Crippen molar-refractivity contribution < 1.29 is 9.72 Å². The van der Waals surface area contributed by atoms with Gasteiger partial charge in [0, 0.05) is 24.5 Å². The number of aromatic nitrogens is 3. The fourth-order valence-corrected chi connectivity index (χ4v) is 5.35. The standard InChI is InChI=1S/C19H11Cl2N5O3S2/c20-11-8-22-9-12(21)17(11)31-19-14(26(28)29)7-15(30-19)18(27)23-16-6-13(24-25-16)10-4-2-1-3-5-10/h1-9H,(H2,23,24,25,27). The molecule has 0 atom stereocenters. The molecule has 4 aromatic rings. The van der Waals surface area contributed by atoms with Crippen LogP contribution in [-0.2, 0) is 0 Å². The smallest absolute Gasteiger partial charge is 0.294 e. The van der Waals surface area contributed by atoms with Crippen molar-refractivity contribution in [3.05, 3.63) is 79.9 Å². The zero-order chi connectivity index (χ0) is 22.0. The first-order valence-electron chi connectivity index (χ1n) is 8.59. The first-order chi connectivity index (χ1) is 14.9. The number of nitrogens with one attached hydrogen (secondary N) is 2. The number of amides is 1. The van der Waals surface area contributed by atoms with Gasteiger partial charge in [-0.05, 0) is 5.56 Å². The van der Waals surface area contributed by atoms with E-state index in [1.54, 1.807) is 6.07 Å². The fourth-order valence-electron chi connectivity index (χ4n) is 2.60. The maximum atomic E-state index is 12.7. The van der Waals surface area contributed by atoms with E-state index in [2.05, 4.69) is 20.5 Å². The summed E-state index contributed by atoms with van der Waals surface area (Å²) < 4.78 is 0.275. The molecule has 3 heterocycles. The van der Waals surface area contributed by atoms with E-state index in [1.807, 2.05) is 30.3 Å². The van der Waals surface area contributed by atoms with Crippen molar-refractivity contribution in [1.82, 2.24) is 15.2 Å². The lowest BCUT2D eigenvalue weighted by Crippen LogP contribution is -2.10. The maximum absolute atomic E-state index is 12.7. The molecule has 8 nitrogen and oxygen atoms in total. The number of rotatable bonds is 6. The van der Waals surface area contributed by atoms with Crippen molar-refractivity contribution in [2.24, 2.45) is 0 Å². The van der Waals surface area contributed by atoms with Crippen LogP contribution in [0.5, 0.6) is 0 Å². The Kier molecular flexibility index (Phi) is 6.23. The number of nitrogens with zero attached hydrogens (tertiary/aromatic N) is 3. The van der Waals surface area contributed by atoms with Gasteiger partial charge in [-0.2, -0.15) is 5.10 Å². The number of hydrogen-bond donors (Lipinski definition) is 2. The lowest BCUT2D eigenvalue weighted by molar-refractivity contribution is -0.387. The Morgan fingerprint density at radius 1 is 1.16 bits per heavy atom. The predicted molar refractivity (Wildman–Crippen MR) is 121 cm³/mol. The molecule has 1 amide bonds. The second-order valence-electron chi connectivity index (χ2n) is 6.06. The van der Waals surface area contributed by atoms with Gasteiger partial charge in [0.25, 0.3) is 11.6 Å². The van der Waals surface area contributed by atoms with E-state index < -0.39 is 10.8 Å². The van der Waals surface area contributed by atoms with Gasteiger partial charge in [-0.25, -0.2) is 0 Å². The average molecular weight is 492 g/mol. The Morgan fingerprint density at radius 3 is 2.55 bits per heavy atom. The van der Waals surface area contributed by atoms with Crippen molar-refractivity contribution in [1.29, 1.82) is 0 Å². The third-order valence-corrected chi connectivity index (χ3v) is 7.26. The summed E-state index contributed by atoms with van der Waals surface area (Å²) in [6, 6.07) is 12.4. The number of aromatic amines is 1. The van der Waals surface area contributed by atoms with Gasteiger partial charge >= 0.3 is 0 Å². The number of pyridine rings is 1. The predicted octanol–water partition coefficient (Wildman–Crippen LogP) is 6.15. The van der Waals surface area contributed by atoms with Crippen molar-refractivity contribution in [3.63, 3.8) is 0 Å². The van der Waals surface area contributed by atoms with Gasteiger partial charge in [0.2, 0.25) is 0 Å². The van der Waals surface area contributed by atoms with Crippen LogP contribution in [0.3, 0.4) is 0 Å². The van der Waals surface area contributed by atoms with E-state index in [4.69, 9.17) is 23.2 Å². The van der Waals surface area contributed by atoms with Gasteiger partial charge in [-0.1, -0.05) is 65.3 Å². The highest BCUT2D eigenvalue weighted by Gasteiger charge is 2.25. The Hall–Kier alpha value is -2.92. The van der Waals surface area contributed by atoms with E-state index in [-0.39, 0.29) is 24.8 Å². The van der Waals surface area contributed by atoms with E-state index in [0.29, 0.717) is 10.7 Å². The van der Waals surface area contributed by atoms with Crippen LogP contribution in [0.2, 0.25) is 10.0 Å². The Labute approximate surface area is 193 Å². The molecule has 31 heavy (non-hydrogen) atoms. The van der Waals surface area contributed by atoms with Crippen molar-refractivity contribution in [3.8, 4) is 11.3 Å². The zero-order valence-electron chi connectivity index (χ0n) is 15.3. The second-order valence-corrected chi connectivity index (χ2v) is 9.21. The van der Waals surface area contributed by atoms with E-state index in [0.717, 1.165) is 34.4 Å². The molecule has 0 radical (unpaired) electrons. The molecule has 3 aromatic heterocycles. The number of carbonyl (C=O) groups is 1. The Morgan fingerprint density at radius 2 is 1.87 bits per heavy atom. The number of H-pyrrole nitrogens is 1. The number of hydrogen-bond acceptors (Lipinski definition) is 7. The molecular weight excluding hydrogens is 481 g/mol. The summed E-state index contributed by atoms with van der Waals surface area (Å²) in [7, 11) is 0. The first kappa shape index (κ1) is 21.3. The number of nitro groups is 1. The summed E-state index contributed by atoms with van der Waals surface area (Å²) in [4.78, 5) is 28.1. The molecule has 0 aliphatic heterocycles. The average Bonchev–Trinajstić information content (AvgIpc) is 3.39. The molecule has 4 rings (SSSR count). The minimum Gasteiger partial charge on any atom is -0.304 e. The third-order valence-electron chi connectivity index (χ3n) is 4.01. The fraction of sp³-hybridized carbons (Fsp3) is 0. The van der Waals surface area contributed by atoms with Crippen LogP contribution in [0.25, 0.3) is 11.3 Å². The topological polar surface area (TPSA) is 114 Å². The molecule has 2 N–H and O–H groups in total. The molecule has 12 heteroatoms. The summed E-state index contributed by atoms with van der Waals surface area (Å²) in [5.41, 5.74) is 1.43. The molecule has 0 unspecified atom stereocenters. The van der Waals surface area contributed by atoms with Crippen LogP contribution in [0.1, 0.15) is 9.67 Å². The number of benzene rings is 1. The summed E-state index contributed by atoms with van der Waals surface area (Å²) in [6.45, 7) is 0. The van der Waals surface area contributed by atoms with Crippen LogP contribution < -0.4 is 5.32 Å². The number of anilines is 1. The highest BCUT2D eigenvalue weighted by Crippen LogP contribution is 2.45. The lowest BCUT2D eigenvalue weighted by Gasteiger charge is -2.03. The van der Waals surface area contributed by atoms with E-state index in [1.165, 1.54) is 18.5 Å². The molecule has 0 aliphatic carbocycles. The minimum absolute atomic E-state index is 0.153. The minimum atomic E-state index is -0.555. The zero-order valence-corrected chi connectivity index (χ0v) is 18.5. The first-order valence-corrected chi connectivity index (χ1v) is 11.0. The van der Waals surface area contributed by atoms with Crippen molar-refractivity contribution in [2.75, 3.05) is 5.32 Å². The third kappa shape index (κ3) is 4.72. The SMILES string of the molecule is O=C(Nc1cc(-c2ccccc2)[nH]n1)c1cc([N+](=O)[O-])c(Sc2c(Cl)cncc2Cl)s1. The highest BCUT2D eigenvalue weighted by atomic mass is 35.5. The molecule has 0 saturated carbocycles. The summed E-state index contributed by atoms with van der Waals surface area (Å²) in [6.07, 6.45) is 2.79. The normalized spacial score (nSPS) is 10.8. The van der Waals surface area contributed by atoms with Gasteiger partial charge in [0.1, 0.15) is 9.09 Å².